The number of hydrogen-bond acceptors (Lipinski definition) is 5. The molecule has 1 amide bonds. The number of hydrogen-bond donors (Lipinski definition) is 3. The highest BCUT2D eigenvalue weighted by Crippen LogP contribution is 2.22. The summed E-state index contributed by atoms with van der Waals surface area (Å²) in [7, 11) is -3.66. The van der Waals surface area contributed by atoms with Crippen LogP contribution in [0.15, 0.2) is 45.8 Å². The molecule has 0 heterocycles. The third-order valence-electron chi connectivity index (χ3n) is 3.92. The fourth-order valence-corrected chi connectivity index (χ4v) is 4.64. The number of halogens is 1. The van der Waals surface area contributed by atoms with Gasteiger partial charge < -0.3 is 16.2 Å². The third-order valence-corrected chi connectivity index (χ3v) is 6.49. The van der Waals surface area contributed by atoms with Crippen molar-refractivity contribution in [3.8, 4) is 0 Å². The number of sulfone groups is 1. The molecule has 144 valence electrons. The van der Waals surface area contributed by atoms with Gasteiger partial charge in [0, 0.05) is 16.2 Å². The van der Waals surface area contributed by atoms with Gasteiger partial charge in [-0.05, 0) is 65.7 Å². The fraction of sp³-hybridized carbons (Fsp3) is 0.222. The minimum atomic E-state index is -3.66. The molecule has 0 saturated heterocycles. The standard InChI is InChI=1S/C18H19BrN2O5S/c1-10-8-12(6-7-15(10)20)27(25,26)9-11(2)21-17(22)13-4-3-5-14(19)16(13)18(23)24/h3-8,11H,9,20H2,1-2H3,(H,21,22)(H,23,24). The number of carbonyl (C=O) groups is 2. The van der Waals surface area contributed by atoms with E-state index in [2.05, 4.69) is 21.2 Å². The largest absolute Gasteiger partial charge is 0.478 e. The van der Waals surface area contributed by atoms with Crippen molar-refractivity contribution in [2.75, 3.05) is 11.5 Å². The molecule has 27 heavy (non-hydrogen) atoms. The number of nitrogen functional groups attached to an aromatic ring is 1. The average molecular weight is 455 g/mol. The first-order valence-corrected chi connectivity index (χ1v) is 10.4. The molecule has 4 N–H and O–H groups in total. The van der Waals surface area contributed by atoms with Gasteiger partial charge in [-0.1, -0.05) is 6.07 Å². The van der Waals surface area contributed by atoms with E-state index in [1.807, 2.05) is 0 Å². The predicted molar refractivity (Wildman–Crippen MR) is 106 cm³/mol. The summed E-state index contributed by atoms with van der Waals surface area (Å²) >= 11 is 3.11. The van der Waals surface area contributed by atoms with E-state index in [0.717, 1.165) is 0 Å². The molecular formula is C18H19BrN2O5S. The van der Waals surface area contributed by atoms with Crippen LogP contribution >= 0.6 is 15.9 Å². The van der Waals surface area contributed by atoms with Crippen molar-refractivity contribution in [3.05, 3.63) is 57.6 Å². The molecule has 0 bridgehead atoms. The number of aromatic carboxylic acids is 1. The van der Waals surface area contributed by atoms with Crippen LogP contribution in [0.4, 0.5) is 5.69 Å². The molecule has 7 nitrogen and oxygen atoms in total. The number of nitrogens with two attached hydrogens (primary N) is 1. The maximum atomic E-state index is 12.6. The molecule has 0 fully saturated rings. The van der Waals surface area contributed by atoms with Gasteiger partial charge in [-0.25, -0.2) is 13.2 Å². The molecule has 0 aliphatic carbocycles. The zero-order valence-electron chi connectivity index (χ0n) is 14.7. The summed E-state index contributed by atoms with van der Waals surface area (Å²) in [6.07, 6.45) is 0. The van der Waals surface area contributed by atoms with Crippen LogP contribution in [0.25, 0.3) is 0 Å². The van der Waals surface area contributed by atoms with E-state index in [-0.39, 0.29) is 26.2 Å². The minimum absolute atomic E-state index is 0.0514. The molecular weight excluding hydrogens is 436 g/mol. The van der Waals surface area contributed by atoms with Gasteiger partial charge in [-0.2, -0.15) is 0 Å². The number of benzene rings is 2. The first-order chi connectivity index (χ1) is 12.5. The Labute approximate surface area is 165 Å². The summed E-state index contributed by atoms with van der Waals surface area (Å²) in [5, 5.41) is 11.8. The second-order valence-corrected chi connectivity index (χ2v) is 9.03. The van der Waals surface area contributed by atoms with Crippen LogP contribution in [0.2, 0.25) is 0 Å². The normalized spacial score (nSPS) is 12.4. The number of nitrogens with one attached hydrogen (secondary N) is 1. The topological polar surface area (TPSA) is 127 Å². The summed E-state index contributed by atoms with van der Waals surface area (Å²) in [6, 6.07) is 8.10. The Morgan fingerprint density at radius 1 is 1.26 bits per heavy atom. The predicted octanol–water partition coefficient (Wildman–Crippen LogP) is 2.63. The van der Waals surface area contributed by atoms with E-state index in [4.69, 9.17) is 5.73 Å². The molecule has 0 aromatic heterocycles. The molecule has 0 aliphatic heterocycles. The SMILES string of the molecule is Cc1cc(S(=O)(=O)CC(C)NC(=O)c2cccc(Br)c2C(=O)O)ccc1N. The van der Waals surface area contributed by atoms with E-state index >= 15 is 0 Å². The third kappa shape index (κ3) is 4.86. The quantitative estimate of drug-likeness (QED) is 0.575. The monoisotopic (exact) mass is 454 g/mol. The Kier molecular flexibility index (Phi) is 6.27. The van der Waals surface area contributed by atoms with Crippen molar-refractivity contribution in [2.45, 2.75) is 24.8 Å². The molecule has 0 saturated carbocycles. The maximum Gasteiger partial charge on any atom is 0.337 e. The van der Waals surface area contributed by atoms with Crippen molar-refractivity contribution >= 4 is 43.3 Å². The maximum absolute atomic E-state index is 12.6. The summed E-state index contributed by atoms with van der Waals surface area (Å²) in [5.41, 5.74) is 6.62. The van der Waals surface area contributed by atoms with Crippen LogP contribution < -0.4 is 11.1 Å². The van der Waals surface area contributed by atoms with Crippen molar-refractivity contribution in [1.29, 1.82) is 0 Å². The Morgan fingerprint density at radius 3 is 2.52 bits per heavy atom. The van der Waals surface area contributed by atoms with E-state index in [0.29, 0.717) is 11.3 Å². The zero-order chi connectivity index (χ0) is 20.4. The van der Waals surface area contributed by atoms with Gasteiger partial charge in [0.2, 0.25) is 0 Å². The van der Waals surface area contributed by atoms with Crippen molar-refractivity contribution in [1.82, 2.24) is 5.32 Å². The van der Waals surface area contributed by atoms with Crippen LogP contribution in [0, 0.1) is 6.92 Å². The lowest BCUT2D eigenvalue weighted by Crippen LogP contribution is -2.38. The molecule has 0 spiro atoms. The van der Waals surface area contributed by atoms with E-state index in [1.54, 1.807) is 6.92 Å². The first-order valence-electron chi connectivity index (χ1n) is 7.94. The van der Waals surface area contributed by atoms with Crippen LogP contribution in [-0.4, -0.2) is 37.2 Å². The first kappa shape index (κ1) is 20.9. The van der Waals surface area contributed by atoms with Gasteiger partial charge in [0.15, 0.2) is 9.84 Å². The van der Waals surface area contributed by atoms with Crippen LogP contribution in [0.3, 0.4) is 0 Å². The molecule has 0 aliphatic rings. The highest BCUT2D eigenvalue weighted by atomic mass is 79.9. The second kappa shape index (κ2) is 8.10. The number of carboxylic acids is 1. The summed E-state index contributed by atoms with van der Waals surface area (Å²) < 4.78 is 25.4. The Hall–Kier alpha value is -2.39. The average Bonchev–Trinajstić information content (AvgIpc) is 2.55. The van der Waals surface area contributed by atoms with Gasteiger partial charge in [0.1, 0.15) is 0 Å². The van der Waals surface area contributed by atoms with E-state index in [1.165, 1.54) is 43.3 Å². The lowest BCUT2D eigenvalue weighted by molar-refractivity contribution is 0.0689. The van der Waals surface area contributed by atoms with Crippen LogP contribution in [0.5, 0.6) is 0 Å². The molecule has 2 aromatic rings. The molecule has 1 unspecified atom stereocenters. The number of amides is 1. The minimum Gasteiger partial charge on any atom is -0.478 e. The Morgan fingerprint density at radius 2 is 1.93 bits per heavy atom. The van der Waals surface area contributed by atoms with Gasteiger partial charge in [0.05, 0.1) is 21.8 Å². The Balaban J connectivity index is 2.19. The van der Waals surface area contributed by atoms with Crippen LogP contribution in [-0.2, 0) is 9.84 Å². The fourth-order valence-electron chi connectivity index (χ4n) is 2.54. The second-order valence-electron chi connectivity index (χ2n) is 6.14. The Bertz CT molecular complexity index is 1000. The number of aryl methyl sites for hydroxylation is 1. The molecule has 1 atom stereocenters. The smallest absolute Gasteiger partial charge is 0.337 e. The summed E-state index contributed by atoms with van der Waals surface area (Å²) in [4.78, 5) is 24.0. The summed E-state index contributed by atoms with van der Waals surface area (Å²) in [6.45, 7) is 3.25. The zero-order valence-corrected chi connectivity index (χ0v) is 17.1. The van der Waals surface area contributed by atoms with Crippen molar-refractivity contribution in [3.63, 3.8) is 0 Å². The van der Waals surface area contributed by atoms with E-state index in [9.17, 15) is 23.1 Å². The molecule has 9 heteroatoms. The van der Waals surface area contributed by atoms with Gasteiger partial charge in [-0.3, -0.25) is 4.79 Å². The number of rotatable bonds is 6. The molecule has 2 aromatic carbocycles. The van der Waals surface area contributed by atoms with Crippen LogP contribution in [0.1, 0.15) is 33.2 Å². The van der Waals surface area contributed by atoms with Crippen molar-refractivity contribution in [2.24, 2.45) is 0 Å². The number of anilines is 1. The van der Waals surface area contributed by atoms with Crippen molar-refractivity contribution < 1.29 is 23.1 Å². The van der Waals surface area contributed by atoms with Gasteiger partial charge >= 0.3 is 5.97 Å². The lowest BCUT2D eigenvalue weighted by atomic mass is 10.1. The highest BCUT2D eigenvalue weighted by Gasteiger charge is 2.24. The highest BCUT2D eigenvalue weighted by molar-refractivity contribution is 9.10. The molecule has 2 rings (SSSR count). The van der Waals surface area contributed by atoms with Gasteiger partial charge in [-0.15, -0.1) is 0 Å². The molecule has 0 radical (unpaired) electrons. The number of carbonyl (C=O) groups excluding carboxylic acids is 1. The lowest BCUT2D eigenvalue weighted by Gasteiger charge is -2.16. The van der Waals surface area contributed by atoms with E-state index < -0.39 is 27.8 Å². The number of carboxylic acid groups (broad SMARTS) is 1. The summed E-state index contributed by atoms with van der Waals surface area (Å²) in [5.74, 6) is -2.26. The van der Waals surface area contributed by atoms with Gasteiger partial charge in [0.25, 0.3) is 5.91 Å².